The molecule has 2 heterocycles. The van der Waals surface area contributed by atoms with Crippen molar-refractivity contribution in [1.82, 2.24) is 4.57 Å². The Kier molecular flexibility index (Phi) is 11.6. The molecule has 13 heteroatoms. The molecular weight excluding hydrogens is 891 g/mol. The van der Waals surface area contributed by atoms with Gasteiger partial charge in [-0.3, -0.25) is 0 Å². The number of para-hydroxylation sites is 3. The monoisotopic (exact) mass is 943 g/mol. The minimum absolute atomic E-state index is 0.906. The van der Waals surface area contributed by atoms with Gasteiger partial charge < -0.3 is 8.98 Å². The van der Waals surface area contributed by atoms with E-state index in [1.54, 1.807) is 0 Å². The topological polar surface area (TPSA) is 18.1 Å². The molecule has 0 fully saturated rings. The van der Waals surface area contributed by atoms with Crippen LogP contribution in [0.3, 0.4) is 0 Å². The molecular formula is C60H51B10NOS. The molecule has 0 spiro atoms. The highest BCUT2D eigenvalue weighted by molar-refractivity contribution is 8.34. The normalized spacial score (nSPS) is 12.1. The fraction of sp³-hybridized carbons (Fsp3) is 0. The molecule has 10 aromatic carbocycles. The molecule has 0 amide bonds. The highest BCUT2D eigenvalue weighted by atomic mass is 32.3. The van der Waals surface area contributed by atoms with Gasteiger partial charge in [0.05, 0.1) is 16.7 Å². The van der Waals surface area contributed by atoms with Gasteiger partial charge in [-0.25, -0.2) is 0 Å². The lowest BCUT2D eigenvalue weighted by molar-refractivity contribution is 0.670. The molecule has 0 aliphatic rings. The standard InChI is InChI=1S/C60H51B10NOS/c61-49-47(50(62)54(66)57(69)53(49)65)42-30-36(73(33-15-4-1-5-16-33,34-17-6-2-7-18-34)35-19-8-3-9-20-35)31-43(48-51(63)55(67)58(70)56(68)52(48)64)59(42)71-44-25-12-10-21-38(44)41-29-32(27-28-45(41)71)37-23-14-24-40-39-22-11-13-26-46(39)72-60(37)40/h1-31H,61-70H2. The van der Waals surface area contributed by atoms with Gasteiger partial charge >= 0.3 is 0 Å². The zero-order valence-electron chi connectivity index (χ0n) is 43.7. The summed E-state index contributed by atoms with van der Waals surface area (Å²) < 4.78 is 9.30. The molecule has 12 rings (SSSR count). The molecule has 0 unspecified atom stereocenters. The summed E-state index contributed by atoms with van der Waals surface area (Å²) in [4.78, 5) is 5.21. The third kappa shape index (κ3) is 7.09. The first-order chi connectivity index (χ1) is 35.4. The number of nitrogens with zero attached hydrogens (tertiary/aromatic N) is 1. The number of hydrogen-bond acceptors (Lipinski definition) is 1. The Morgan fingerprint density at radius 2 is 0.740 bits per heavy atom. The van der Waals surface area contributed by atoms with Gasteiger partial charge in [0.1, 0.15) is 89.6 Å². The first kappa shape index (κ1) is 46.8. The largest absolute Gasteiger partial charge is 0.455 e. The maximum Gasteiger partial charge on any atom is 0.143 e. The first-order valence-electron chi connectivity index (χ1n) is 25.7. The van der Waals surface area contributed by atoms with E-state index in [0.717, 1.165) is 38.6 Å². The molecule has 0 N–H and O–H groups in total. The maximum absolute atomic E-state index is 6.67. The van der Waals surface area contributed by atoms with E-state index in [4.69, 9.17) is 4.42 Å². The van der Waals surface area contributed by atoms with E-state index < -0.39 is 10.0 Å². The summed E-state index contributed by atoms with van der Waals surface area (Å²) in [6, 6.07) is 70.4. The summed E-state index contributed by atoms with van der Waals surface area (Å²) in [6.07, 6.45) is 0. The van der Waals surface area contributed by atoms with Gasteiger partial charge in [0.2, 0.25) is 0 Å². The lowest BCUT2D eigenvalue weighted by Gasteiger charge is -2.43. The summed E-state index contributed by atoms with van der Waals surface area (Å²) in [6.45, 7) is 0. The number of fused-ring (bicyclic) bond motifs is 6. The van der Waals surface area contributed by atoms with Gasteiger partial charge in [-0.05, 0) is 89.5 Å². The molecule has 0 radical (unpaired) electrons. The molecule has 2 nitrogen and oxygen atoms in total. The lowest BCUT2D eigenvalue weighted by atomic mass is 9.58. The number of furan rings is 1. The Morgan fingerprint density at radius 3 is 1.26 bits per heavy atom. The second-order valence-corrected chi connectivity index (χ2v) is 23.4. The summed E-state index contributed by atoms with van der Waals surface area (Å²) in [5.41, 5.74) is 26.0. The second kappa shape index (κ2) is 18.1. The van der Waals surface area contributed by atoms with Crippen molar-refractivity contribution in [3.05, 3.63) is 188 Å². The van der Waals surface area contributed by atoms with Crippen LogP contribution < -0.4 is 54.6 Å². The molecule has 73 heavy (non-hydrogen) atoms. The second-order valence-electron chi connectivity index (χ2n) is 20.3. The van der Waals surface area contributed by atoms with Crippen LogP contribution in [0, 0.1) is 0 Å². The summed E-state index contributed by atoms with van der Waals surface area (Å²) >= 11 is 0. The first-order valence-corrected chi connectivity index (χ1v) is 27.3. The van der Waals surface area contributed by atoms with Gasteiger partial charge in [0.15, 0.2) is 0 Å². The number of hydrogen-bond donors (Lipinski definition) is 0. The number of aromatic nitrogens is 1. The smallest absolute Gasteiger partial charge is 0.143 e. The molecule has 0 aliphatic heterocycles. The van der Waals surface area contributed by atoms with Gasteiger partial charge in [-0.15, -0.1) is 42.8 Å². The van der Waals surface area contributed by atoms with E-state index in [0.29, 0.717) is 0 Å². The van der Waals surface area contributed by atoms with Crippen molar-refractivity contribution in [3.8, 4) is 39.1 Å². The van der Waals surface area contributed by atoms with Crippen molar-refractivity contribution in [2.24, 2.45) is 0 Å². The third-order valence-electron chi connectivity index (χ3n) is 16.9. The van der Waals surface area contributed by atoms with Crippen molar-refractivity contribution in [1.29, 1.82) is 0 Å². The highest BCUT2D eigenvalue weighted by Gasteiger charge is 2.36. The Labute approximate surface area is 439 Å². The van der Waals surface area contributed by atoms with Gasteiger partial charge in [0.25, 0.3) is 0 Å². The van der Waals surface area contributed by atoms with Crippen molar-refractivity contribution >= 4 is 187 Å². The Bertz CT molecular complexity index is 3970. The summed E-state index contributed by atoms with van der Waals surface area (Å²) in [7, 11) is 21.2. The van der Waals surface area contributed by atoms with Crippen LogP contribution in [-0.4, -0.2) is 83.0 Å². The van der Waals surface area contributed by atoms with E-state index in [2.05, 4.69) is 271 Å². The van der Waals surface area contributed by atoms with E-state index in [-0.39, 0.29) is 0 Å². The molecule has 0 atom stereocenters. The predicted molar refractivity (Wildman–Crippen MR) is 346 cm³/mol. The zero-order chi connectivity index (χ0) is 50.4. The van der Waals surface area contributed by atoms with E-state index in [1.165, 1.54) is 118 Å². The number of benzene rings is 10. The quantitative estimate of drug-likeness (QED) is 0.190. The van der Waals surface area contributed by atoms with E-state index in [9.17, 15) is 0 Å². The molecule has 0 aliphatic carbocycles. The molecule has 0 bridgehead atoms. The molecule has 0 saturated heterocycles. The molecule has 12 aromatic rings. The zero-order valence-corrected chi connectivity index (χ0v) is 44.5. The average molecular weight is 942 g/mol. The van der Waals surface area contributed by atoms with Crippen LogP contribution in [0.5, 0.6) is 0 Å². The van der Waals surface area contributed by atoms with Crippen LogP contribution in [0.15, 0.2) is 212 Å². The van der Waals surface area contributed by atoms with E-state index in [1.807, 2.05) is 0 Å². The fourth-order valence-electron chi connectivity index (χ4n) is 12.3. The van der Waals surface area contributed by atoms with Crippen molar-refractivity contribution in [2.75, 3.05) is 0 Å². The van der Waals surface area contributed by atoms with Crippen LogP contribution in [0.2, 0.25) is 0 Å². The Hall–Kier alpha value is -7.20. The summed E-state index contributed by atoms with van der Waals surface area (Å²) in [5.74, 6) is 0. The molecule has 2 aromatic heterocycles. The van der Waals surface area contributed by atoms with Crippen LogP contribution in [0.25, 0.3) is 82.8 Å². The SMILES string of the molecule is Bc1c(B)c(B)c(-c2cc(S(c3ccccc3)(c3ccccc3)c3ccccc3)cc(-c3c(B)c(B)c(B)c(B)c3B)c2-n2c3ccccc3c3cc(-c4cccc5c4oc4ccccc45)ccc32)c(B)c1B. The van der Waals surface area contributed by atoms with Gasteiger partial charge in [-0.1, -0.05) is 137 Å². The Morgan fingerprint density at radius 1 is 0.315 bits per heavy atom. The van der Waals surface area contributed by atoms with Crippen molar-refractivity contribution < 1.29 is 4.42 Å². The minimum atomic E-state index is -2.13. The fourth-order valence-corrected chi connectivity index (χ4v) is 16.2. The van der Waals surface area contributed by atoms with Crippen LogP contribution >= 0.6 is 10.0 Å². The molecule has 338 valence electrons. The van der Waals surface area contributed by atoms with Crippen LogP contribution in [0.1, 0.15) is 0 Å². The maximum atomic E-state index is 6.67. The number of rotatable bonds is 8. The predicted octanol–water partition coefficient (Wildman–Crippen LogP) is -0.391. The van der Waals surface area contributed by atoms with Gasteiger partial charge in [0, 0.05) is 57.8 Å². The van der Waals surface area contributed by atoms with Crippen molar-refractivity contribution in [2.45, 2.75) is 19.6 Å². The van der Waals surface area contributed by atoms with Crippen molar-refractivity contribution in [3.63, 3.8) is 0 Å². The average Bonchev–Trinajstić information content (AvgIpc) is 3.98. The highest BCUT2D eigenvalue weighted by Crippen LogP contribution is 2.74. The van der Waals surface area contributed by atoms with Gasteiger partial charge in [-0.2, -0.15) is 0 Å². The lowest BCUT2D eigenvalue weighted by Crippen LogP contribution is -2.55. The Balaban J connectivity index is 1.30. The minimum Gasteiger partial charge on any atom is -0.455 e. The third-order valence-corrected chi connectivity index (χ3v) is 20.8. The summed E-state index contributed by atoms with van der Waals surface area (Å²) in [5, 5.41) is 4.69. The van der Waals surface area contributed by atoms with E-state index >= 15 is 0 Å². The molecule has 0 saturated carbocycles. The van der Waals surface area contributed by atoms with Crippen LogP contribution in [-0.2, 0) is 0 Å². The van der Waals surface area contributed by atoms with Crippen LogP contribution in [0.4, 0.5) is 0 Å².